The van der Waals surface area contributed by atoms with E-state index in [2.05, 4.69) is 55.1 Å². The molecule has 0 saturated carbocycles. The fourth-order valence-electron chi connectivity index (χ4n) is 2.36. The maximum atomic E-state index is 5.97. The molecule has 0 saturated heterocycles. The van der Waals surface area contributed by atoms with Crippen LogP contribution in [0.5, 0.6) is 0 Å². The van der Waals surface area contributed by atoms with E-state index < -0.39 is 0 Å². The van der Waals surface area contributed by atoms with Gasteiger partial charge in [0.05, 0.1) is 12.2 Å². The van der Waals surface area contributed by atoms with Crippen LogP contribution in [0, 0.1) is 0 Å². The molecule has 2 rings (SSSR count). The summed E-state index contributed by atoms with van der Waals surface area (Å²) in [5, 5.41) is 0.793. The molecule has 0 amide bonds. The van der Waals surface area contributed by atoms with E-state index in [4.69, 9.17) is 11.6 Å². The molecule has 0 aliphatic carbocycles. The Morgan fingerprint density at radius 1 is 1.16 bits per heavy atom. The SMILES string of the molecule is CCCCN1C=CN(C(C)(C)c2ccc(Cl)cc2)C1. The van der Waals surface area contributed by atoms with Gasteiger partial charge in [-0.2, -0.15) is 0 Å². The van der Waals surface area contributed by atoms with Crippen molar-refractivity contribution in [1.82, 2.24) is 9.80 Å². The van der Waals surface area contributed by atoms with Crippen LogP contribution in [0.2, 0.25) is 5.02 Å². The van der Waals surface area contributed by atoms with Crippen LogP contribution in [0.3, 0.4) is 0 Å². The van der Waals surface area contributed by atoms with E-state index >= 15 is 0 Å². The number of halogens is 1. The van der Waals surface area contributed by atoms with Gasteiger partial charge in [0.15, 0.2) is 0 Å². The second-order valence-electron chi connectivity index (χ2n) is 5.64. The third-order valence-electron chi connectivity index (χ3n) is 3.86. The topological polar surface area (TPSA) is 6.48 Å². The maximum absolute atomic E-state index is 5.97. The molecule has 0 fully saturated rings. The van der Waals surface area contributed by atoms with Crippen molar-refractivity contribution in [2.45, 2.75) is 39.2 Å². The lowest BCUT2D eigenvalue weighted by Gasteiger charge is -2.37. The Morgan fingerprint density at radius 3 is 2.47 bits per heavy atom. The number of rotatable bonds is 5. The standard InChI is InChI=1S/C16H23ClN2/c1-4-5-10-18-11-12-19(13-18)16(2,3)14-6-8-15(17)9-7-14/h6-9,11-12H,4-5,10,13H2,1-3H3. The van der Waals surface area contributed by atoms with E-state index in [0.29, 0.717) is 0 Å². The van der Waals surface area contributed by atoms with Gasteiger partial charge in [-0.1, -0.05) is 37.1 Å². The zero-order valence-corrected chi connectivity index (χ0v) is 12.8. The Kier molecular flexibility index (Phi) is 4.41. The van der Waals surface area contributed by atoms with Crippen molar-refractivity contribution in [3.8, 4) is 0 Å². The minimum atomic E-state index is -0.0119. The highest BCUT2D eigenvalue weighted by molar-refractivity contribution is 6.30. The zero-order valence-electron chi connectivity index (χ0n) is 12.1. The lowest BCUT2D eigenvalue weighted by atomic mass is 9.93. The molecule has 0 bridgehead atoms. The molecule has 1 heterocycles. The Balaban J connectivity index is 2.05. The largest absolute Gasteiger partial charge is 0.359 e. The van der Waals surface area contributed by atoms with Gasteiger partial charge < -0.3 is 9.80 Å². The Morgan fingerprint density at radius 2 is 1.84 bits per heavy atom. The van der Waals surface area contributed by atoms with E-state index in [1.165, 1.54) is 18.4 Å². The first-order valence-electron chi connectivity index (χ1n) is 6.99. The molecule has 2 nitrogen and oxygen atoms in total. The summed E-state index contributed by atoms with van der Waals surface area (Å²) in [4.78, 5) is 4.76. The van der Waals surface area contributed by atoms with Crippen molar-refractivity contribution in [1.29, 1.82) is 0 Å². The molecule has 1 aliphatic rings. The first-order chi connectivity index (χ1) is 9.04. The highest BCUT2D eigenvalue weighted by Gasteiger charge is 2.29. The van der Waals surface area contributed by atoms with E-state index in [1.54, 1.807) is 0 Å². The highest BCUT2D eigenvalue weighted by atomic mass is 35.5. The van der Waals surface area contributed by atoms with E-state index in [0.717, 1.165) is 18.2 Å². The molecule has 0 radical (unpaired) electrons. The molecule has 3 heteroatoms. The lowest BCUT2D eigenvalue weighted by molar-refractivity contribution is 0.145. The number of nitrogens with zero attached hydrogens (tertiary/aromatic N) is 2. The van der Waals surface area contributed by atoms with Gasteiger partial charge in [0, 0.05) is 24.0 Å². The van der Waals surface area contributed by atoms with Gasteiger partial charge in [0.1, 0.15) is 0 Å². The molecule has 0 atom stereocenters. The fourth-order valence-corrected chi connectivity index (χ4v) is 2.48. The summed E-state index contributed by atoms with van der Waals surface area (Å²) >= 11 is 5.97. The fraction of sp³-hybridized carbons (Fsp3) is 0.500. The summed E-state index contributed by atoms with van der Waals surface area (Å²) < 4.78 is 0. The molecular weight excluding hydrogens is 256 g/mol. The van der Waals surface area contributed by atoms with Crippen molar-refractivity contribution in [2.24, 2.45) is 0 Å². The van der Waals surface area contributed by atoms with Crippen LogP contribution in [-0.4, -0.2) is 23.0 Å². The number of hydrogen-bond acceptors (Lipinski definition) is 2. The number of unbranched alkanes of at least 4 members (excludes halogenated alkanes) is 1. The Hall–Kier alpha value is -1.15. The van der Waals surface area contributed by atoms with Gasteiger partial charge in [-0.05, 0) is 38.0 Å². The predicted molar refractivity (Wildman–Crippen MR) is 81.9 cm³/mol. The van der Waals surface area contributed by atoms with Crippen LogP contribution >= 0.6 is 11.6 Å². The number of hydrogen-bond donors (Lipinski definition) is 0. The van der Waals surface area contributed by atoms with Crippen LogP contribution in [0.1, 0.15) is 39.2 Å². The maximum Gasteiger partial charge on any atom is 0.0901 e. The third kappa shape index (κ3) is 3.24. The summed E-state index contributed by atoms with van der Waals surface area (Å²) in [6.07, 6.45) is 6.89. The van der Waals surface area contributed by atoms with Crippen LogP contribution < -0.4 is 0 Å². The molecule has 0 unspecified atom stereocenters. The van der Waals surface area contributed by atoms with Crippen LogP contribution in [0.15, 0.2) is 36.7 Å². The summed E-state index contributed by atoms with van der Waals surface area (Å²) in [6, 6.07) is 8.16. The van der Waals surface area contributed by atoms with Crippen LogP contribution in [-0.2, 0) is 5.54 Å². The molecular formula is C16H23ClN2. The van der Waals surface area contributed by atoms with E-state index in [9.17, 15) is 0 Å². The Labute approximate surface area is 121 Å². The molecule has 1 aromatic rings. The average molecular weight is 279 g/mol. The van der Waals surface area contributed by atoms with Crippen molar-refractivity contribution < 1.29 is 0 Å². The summed E-state index contributed by atoms with van der Waals surface area (Å²) in [7, 11) is 0. The quantitative estimate of drug-likeness (QED) is 0.787. The molecule has 19 heavy (non-hydrogen) atoms. The second kappa shape index (κ2) is 5.87. The summed E-state index contributed by atoms with van der Waals surface area (Å²) in [5.74, 6) is 0. The normalized spacial score (nSPS) is 15.4. The molecule has 1 aromatic carbocycles. The van der Waals surface area contributed by atoms with E-state index in [1.807, 2.05) is 12.1 Å². The smallest absolute Gasteiger partial charge is 0.0901 e. The van der Waals surface area contributed by atoms with Gasteiger partial charge in [-0.15, -0.1) is 0 Å². The molecule has 0 N–H and O–H groups in total. The summed E-state index contributed by atoms with van der Waals surface area (Å²) in [5.41, 5.74) is 1.28. The van der Waals surface area contributed by atoms with Crippen molar-refractivity contribution in [3.63, 3.8) is 0 Å². The van der Waals surface area contributed by atoms with Crippen molar-refractivity contribution in [2.75, 3.05) is 13.2 Å². The molecule has 104 valence electrons. The summed E-state index contributed by atoms with van der Waals surface area (Å²) in [6.45, 7) is 8.85. The zero-order chi connectivity index (χ0) is 13.9. The molecule has 0 spiro atoms. The minimum absolute atomic E-state index is 0.0119. The van der Waals surface area contributed by atoms with Gasteiger partial charge in [0.2, 0.25) is 0 Å². The van der Waals surface area contributed by atoms with Crippen molar-refractivity contribution >= 4 is 11.6 Å². The highest BCUT2D eigenvalue weighted by Crippen LogP contribution is 2.31. The van der Waals surface area contributed by atoms with Crippen LogP contribution in [0.4, 0.5) is 0 Å². The molecule has 1 aliphatic heterocycles. The minimum Gasteiger partial charge on any atom is -0.359 e. The van der Waals surface area contributed by atoms with Crippen molar-refractivity contribution in [3.05, 3.63) is 47.3 Å². The van der Waals surface area contributed by atoms with Crippen LogP contribution in [0.25, 0.3) is 0 Å². The predicted octanol–water partition coefficient (Wildman–Crippen LogP) is 4.42. The monoisotopic (exact) mass is 278 g/mol. The van der Waals surface area contributed by atoms with Gasteiger partial charge in [-0.3, -0.25) is 0 Å². The van der Waals surface area contributed by atoms with Gasteiger partial charge in [0.25, 0.3) is 0 Å². The molecule has 0 aromatic heterocycles. The number of benzene rings is 1. The van der Waals surface area contributed by atoms with Gasteiger partial charge >= 0.3 is 0 Å². The Bertz CT molecular complexity index is 437. The van der Waals surface area contributed by atoms with E-state index in [-0.39, 0.29) is 5.54 Å². The first kappa shape index (κ1) is 14.3. The van der Waals surface area contributed by atoms with Gasteiger partial charge in [-0.25, -0.2) is 0 Å². The first-order valence-corrected chi connectivity index (χ1v) is 7.37. The third-order valence-corrected chi connectivity index (χ3v) is 4.11. The second-order valence-corrected chi connectivity index (χ2v) is 6.08. The average Bonchev–Trinajstić information content (AvgIpc) is 2.86. The lowest BCUT2D eigenvalue weighted by Crippen LogP contribution is -2.39.